The van der Waals surface area contributed by atoms with Gasteiger partial charge in [0.15, 0.2) is 0 Å². The van der Waals surface area contributed by atoms with Crippen LogP contribution in [-0.4, -0.2) is 6.54 Å². The van der Waals surface area contributed by atoms with Gasteiger partial charge in [0.2, 0.25) is 0 Å². The van der Waals surface area contributed by atoms with Crippen LogP contribution in [0.5, 0.6) is 0 Å². The van der Waals surface area contributed by atoms with Crippen molar-refractivity contribution in [1.29, 1.82) is 0 Å². The van der Waals surface area contributed by atoms with Crippen LogP contribution < -0.4 is 5.32 Å². The van der Waals surface area contributed by atoms with E-state index in [-0.39, 0.29) is 0 Å². The highest BCUT2D eigenvalue weighted by Crippen LogP contribution is 2.29. The summed E-state index contributed by atoms with van der Waals surface area (Å²) in [6.07, 6.45) is 1.09. The Hall–Kier alpha value is -1.42. The molecule has 0 aliphatic heterocycles. The van der Waals surface area contributed by atoms with Gasteiger partial charge in [-0.3, -0.25) is 0 Å². The topological polar surface area (TPSA) is 12.0 Å². The molecule has 3 heteroatoms. The fourth-order valence-electron chi connectivity index (χ4n) is 2.13. The maximum atomic E-state index is 3.52. The average molecular weight is 299 g/mol. The molecule has 20 heavy (non-hydrogen) atoms. The first kappa shape index (κ1) is 13.6. The Morgan fingerprint density at radius 1 is 0.950 bits per heavy atom. The Labute approximate surface area is 127 Å². The summed E-state index contributed by atoms with van der Waals surface area (Å²) >= 11 is 3.64. The summed E-state index contributed by atoms with van der Waals surface area (Å²) in [5.74, 6) is 0. The monoisotopic (exact) mass is 299 g/mol. The second-order valence-corrected chi connectivity index (χ2v) is 6.63. The van der Waals surface area contributed by atoms with Crippen molar-refractivity contribution in [3.8, 4) is 10.4 Å². The number of benzene rings is 1. The first-order valence-electron chi connectivity index (χ1n) is 6.78. The average Bonchev–Trinajstić information content (AvgIpc) is 3.15. The van der Waals surface area contributed by atoms with Gasteiger partial charge in [-0.15, -0.1) is 22.7 Å². The molecular weight excluding hydrogens is 282 g/mol. The lowest BCUT2D eigenvalue weighted by Gasteiger charge is -2.03. The van der Waals surface area contributed by atoms with Crippen molar-refractivity contribution in [2.24, 2.45) is 0 Å². The van der Waals surface area contributed by atoms with Crippen LogP contribution in [0.3, 0.4) is 0 Å². The zero-order chi connectivity index (χ0) is 13.6. The molecule has 0 aliphatic rings. The van der Waals surface area contributed by atoms with Crippen LogP contribution in [0, 0.1) is 0 Å². The van der Waals surface area contributed by atoms with Crippen LogP contribution in [-0.2, 0) is 13.0 Å². The quantitative estimate of drug-likeness (QED) is 0.644. The molecule has 0 saturated carbocycles. The summed E-state index contributed by atoms with van der Waals surface area (Å²) < 4.78 is 0. The zero-order valence-electron chi connectivity index (χ0n) is 11.2. The van der Waals surface area contributed by atoms with E-state index in [9.17, 15) is 0 Å². The number of rotatable bonds is 6. The highest BCUT2D eigenvalue weighted by atomic mass is 32.1. The Kier molecular flexibility index (Phi) is 4.64. The fraction of sp³-hybridized carbons (Fsp3) is 0.176. The van der Waals surface area contributed by atoms with Crippen molar-refractivity contribution >= 4 is 22.7 Å². The van der Waals surface area contributed by atoms with Crippen LogP contribution in [0.15, 0.2) is 59.3 Å². The van der Waals surface area contributed by atoms with Gasteiger partial charge in [-0.05, 0) is 41.4 Å². The largest absolute Gasteiger partial charge is 0.312 e. The van der Waals surface area contributed by atoms with Crippen molar-refractivity contribution < 1.29 is 0 Å². The normalized spacial score (nSPS) is 10.8. The molecule has 0 radical (unpaired) electrons. The SMILES string of the molecule is c1ccc(CCNCc2cc(-c3cccs3)cs2)cc1. The van der Waals surface area contributed by atoms with E-state index in [1.165, 1.54) is 20.9 Å². The molecule has 1 nitrogen and oxygen atoms in total. The predicted octanol–water partition coefficient (Wildman–Crippen LogP) is 4.81. The Bertz CT molecular complexity index is 626. The molecule has 0 amide bonds. The van der Waals surface area contributed by atoms with Gasteiger partial charge in [0, 0.05) is 21.9 Å². The van der Waals surface area contributed by atoms with Crippen molar-refractivity contribution in [2.75, 3.05) is 6.54 Å². The van der Waals surface area contributed by atoms with Gasteiger partial charge in [0.1, 0.15) is 0 Å². The van der Waals surface area contributed by atoms with E-state index in [1.807, 2.05) is 11.3 Å². The van der Waals surface area contributed by atoms with Crippen molar-refractivity contribution in [2.45, 2.75) is 13.0 Å². The van der Waals surface area contributed by atoms with E-state index in [4.69, 9.17) is 0 Å². The van der Waals surface area contributed by atoms with Crippen LogP contribution in [0.25, 0.3) is 10.4 Å². The third-order valence-electron chi connectivity index (χ3n) is 3.19. The van der Waals surface area contributed by atoms with Gasteiger partial charge >= 0.3 is 0 Å². The van der Waals surface area contributed by atoms with Crippen LogP contribution in [0.2, 0.25) is 0 Å². The van der Waals surface area contributed by atoms with Gasteiger partial charge < -0.3 is 5.32 Å². The molecule has 0 bridgehead atoms. The van der Waals surface area contributed by atoms with Crippen molar-refractivity contribution in [1.82, 2.24) is 5.32 Å². The van der Waals surface area contributed by atoms with E-state index in [2.05, 4.69) is 64.6 Å². The molecule has 2 heterocycles. The third-order valence-corrected chi connectivity index (χ3v) is 5.05. The molecule has 1 aromatic carbocycles. The molecular formula is C17H17NS2. The minimum Gasteiger partial charge on any atom is -0.312 e. The second kappa shape index (κ2) is 6.84. The number of hydrogen-bond donors (Lipinski definition) is 1. The molecule has 102 valence electrons. The minimum absolute atomic E-state index is 0.961. The lowest BCUT2D eigenvalue weighted by molar-refractivity contribution is 0.694. The highest BCUT2D eigenvalue weighted by Gasteiger charge is 2.03. The maximum Gasteiger partial charge on any atom is 0.0351 e. The minimum atomic E-state index is 0.961. The number of hydrogen-bond acceptors (Lipinski definition) is 3. The molecule has 1 N–H and O–H groups in total. The number of nitrogens with one attached hydrogen (secondary N) is 1. The molecule has 0 spiro atoms. The highest BCUT2D eigenvalue weighted by molar-refractivity contribution is 7.14. The lowest BCUT2D eigenvalue weighted by Crippen LogP contribution is -2.15. The van der Waals surface area contributed by atoms with E-state index >= 15 is 0 Å². The van der Waals surface area contributed by atoms with Gasteiger partial charge in [-0.1, -0.05) is 36.4 Å². The first-order chi connectivity index (χ1) is 9.92. The van der Waals surface area contributed by atoms with Crippen LogP contribution in [0.1, 0.15) is 10.4 Å². The maximum absolute atomic E-state index is 3.52. The molecule has 0 atom stereocenters. The summed E-state index contributed by atoms with van der Waals surface area (Å²) in [5.41, 5.74) is 2.75. The van der Waals surface area contributed by atoms with Gasteiger partial charge in [0.25, 0.3) is 0 Å². The molecule has 3 rings (SSSR count). The van der Waals surface area contributed by atoms with Gasteiger partial charge in [0.05, 0.1) is 0 Å². The molecule has 2 aromatic heterocycles. The fourth-order valence-corrected chi connectivity index (χ4v) is 3.78. The van der Waals surface area contributed by atoms with Gasteiger partial charge in [-0.25, -0.2) is 0 Å². The summed E-state index contributed by atoms with van der Waals surface area (Å²) in [4.78, 5) is 2.76. The van der Waals surface area contributed by atoms with E-state index in [1.54, 1.807) is 11.3 Å². The summed E-state index contributed by atoms with van der Waals surface area (Å²) in [6.45, 7) is 1.99. The predicted molar refractivity (Wildman–Crippen MR) is 89.5 cm³/mol. The lowest BCUT2D eigenvalue weighted by atomic mass is 10.1. The molecule has 0 aliphatic carbocycles. The summed E-state index contributed by atoms with van der Waals surface area (Å²) in [7, 11) is 0. The molecule has 0 fully saturated rings. The smallest absolute Gasteiger partial charge is 0.0351 e. The third kappa shape index (κ3) is 3.57. The Morgan fingerprint density at radius 3 is 2.65 bits per heavy atom. The van der Waals surface area contributed by atoms with Gasteiger partial charge in [-0.2, -0.15) is 0 Å². The molecule has 0 unspecified atom stereocenters. The van der Waals surface area contributed by atoms with E-state index in [0.717, 1.165) is 19.5 Å². The van der Waals surface area contributed by atoms with E-state index < -0.39 is 0 Å². The zero-order valence-corrected chi connectivity index (χ0v) is 12.8. The van der Waals surface area contributed by atoms with Crippen molar-refractivity contribution in [3.63, 3.8) is 0 Å². The van der Waals surface area contributed by atoms with Crippen molar-refractivity contribution in [3.05, 3.63) is 69.7 Å². The van der Waals surface area contributed by atoms with Crippen LogP contribution in [0.4, 0.5) is 0 Å². The molecule has 3 aromatic rings. The number of thiophene rings is 2. The van der Waals surface area contributed by atoms with E-state index in [0.29, 0.717) is 0 Å². The first-order valence-corrected chi connectivity index (χ1v) is 8.54. The summed E-state index contributed by atoms with van der Waals surface area (Å²) in [5, 5.41) is 7.90. The second-order valence-electron chi connectivity index (χ2n) is 4.69. The molecule has 0 saturated heterocycles. The summed E-state index contributed by atoms with van der Waals surface area (Å²) in [6, 6.07) is 17.2. The standard InChI is InChI=1S/C17H17NS2/c1-2-5-14(6-3-1)8-9-18-12-16-11-15(13-20-16)17-7-4-10-19-17/h1-7,10-11,13,18H,8-9,12H2. The van der Waals surface area contributed by atoms with Crippen LogP contribution >= 0.6 is 22.7 Å². The Balaban J connectivity index is 1.47. The Morgan fingerprint density at radius 2 is 1.85 bits per heavy atom.